The van der Waals surface area contributed by atoms with Gasteiger partial charge in [-0.15, -0.1) is 11.8 Å². The number of halogens is 1. The second-order valence-corrected chi connectivity index (χ2v) is 4.54. The SMILES string of the molecule is CNc1cc(CSc2ccccc2F)ccn1. The lowest BCUT2D eigenvalue weighted by Crippen LogP contribution is -1.93. The summed E-state index contributed by atoms with van der Waals surface area (Å²) in [7, 11) is 1.83. The number of anilines is 1. The molecule has 0 saturated carbocycles. The fourth-order valence-corrected chi connectivity index (χ4v) is 2.31. The molecule has 0 spiro atoms. The average molecular weight is 248 g/mol. The van der Waals surface area contributed by atoms with E-state index in [4.69, 9.17) is 0 Å². The molecule has 4 heteroatoms. The van der Waals surface area contributed by atoms with Crippen molar-refractivity contribution in [1.82, 2.24) is 4.98 Å². The second kappa shape index (κ2) is 5.68. The topological polar surface area (TPSA) is 24.9 Å². The van der Waals surface area contributed by atoms with Gasteiger partial charge in [0, 0.05) is 23.9 Å². The van der Waals surface area contributed by atoms with Crippen LogP contribution in [0.1, 0.15) is 5.56 Å². The number of aromatic nitrogens is 1. The molecule has 0 fully saturated rings. The van der Waals surface area contributed by atoms with Crippen LogP contribution in [0.4, 0.5) is 10.2 Å². The molecule has 0 bridgehead atoms. The third-order valence-electron chi connectivity index (χ3n) is 2.31. The Morgan fingerprint density at radius 1 is 1.29 bits per heavy atom. The summed E-state index contributed by atoms with van der Waals surface area (Å²) in [6.07, 6.45) is 1.75. The zero-order valence-corrected chi connectivity index (χ0v) is 10.3. The minimum absolute atomic E-state index is 0.166. The highest BCUT2D eigenvalue weighted by Crippen LogP contribution is 2.25. The van der Waals surface area contributed by atoms with Crippen LogP contribution in [-0.4, -0.2) is 12.0 Å². The predicted molar refractivity (Wildman–Crippen MR) is 69.7 cm³/mol. The zero-order valence-electron chi connectivity index (χ0n) is 9.48. The number of nitrogens with zero attached hydrogens (tertiary/aromatic N) is 1. The van der Waals surface area contributed by atoms with Gasteiger partial charge in [0.15, 0.2) is 0 Å². The Morgan fingerprint density at radius 3 is 2.88 bits per heavy atom. The van der Waals surface area contributed by atoms with E-state index in [-0.39, 0.29) is 5.82 Å². The van der Waals surface area contributed by atoms with Gasteiger partial charge in [-0.25, -0.2) is 9.37 Å². The van der Waals surface area contributed by atoms with Gasteiger partial charge in [0.25, 0.3) is 0 Å². The van der Waals surface area contributed by atoms with E-state index in [1.54, 1.807) is 18.3 Å². The summed E-state index contributed by atoms with van der Waals surface area (Å²) in [5.74, 6) is 1.40. The molecule has 0 aliphatic carbocycles. The van der Waals surface area contributed by atoms with E-state index in [1.165, 1.54) is 17.8 Å². The van der Waals surface area contributed by atoms with Crippen LogP contribution in [0.5, 0.6) is 0 Å². The average Bonchev–Trinajstić information content (AvgIpc) is 2.38. The first kappa shape index (κ1) is 11.9. The molecule has 0 unspecified atom stereocenters. The summed E-state index contributed by atoms with van der Waals surface area (Å²) in [5, 5.41) is 2.98. The molecule has 0 amide bonds. The van der Waals surface area contributed by atoms with Crippen LogP contribution in [0, 0.1) is 5.82 Å². The normalized spacial score (nSPS) is 10.2. The molecule has 2 rings (SSSR count). The molecule has 0 saturated heterocycles. The van der Waals surface area contributed by atoms with Crippen molar-refractivity contribution in [3.63, 3.8) is 0 Å². The van der Waals surface area contributed by atoms with E-state index < -0.39 is 0 Å². The van der Waals surface area contributed by atoms with Crippen molar-refractivity contribution in [2.75, 3.05) is 12.4 Å². The van der Waals surface area contributed by atoms with Gasteiger partial charge in [0.05, 0.1) is 0 Å². The van der Waals surface area contributed by atoms with Crippen LogP contribution >= 0.6 is 11.8 Å². The van der Waals surface area contributed by atoms with Gasteiger partial charge >= 0.3 is 0 Å². The highest BCUT2D eigenvalue weighted by Gasteiger charge is 2.02. The van der Waals surface area contributed by atoms with Crippen LogP contribution in [0.3, 0.4) is 0 Å². The Balaban J connectivity index is 2.05. The highest BCUT2D eigenvalue weighted by atomic mass is 32.2. The van der Waals surface area contributed by atoms with E-state index in [9.17, 15) is 4.39 Å². The number of thioether (sulfide) groups is 1. The van der Waals surface area contributed by atoms with Gasteiger partial charge in [0.1, 0.15) is 11.6 Å². The van der Waals surface area contributed by atoms with E-state index in [2.05, 4.69) is 10.3 Å². The molecule has 2 nitrogen and oxygen atoms in total. The fourth-order valence-electron chi connectivity index (χ4n) is 1.42. The molecule has 0 aliphatic heterocycles. The maximum absolute atomic E-state index is 13.4. The Morgan fingerprint density at radius 2 is 2.12 bits per heavy atom. The lowest BCUT2D eigenvalue weighted by Gasteiger charge is -2.05. The third-order valence-corrected chi connectivity index (χ3v) is 3.43. The summed E-state index contributed by atoms with van der Waals surface area (Å²) < 4.78 is 13.4. The van der Waals surface area contributed by atoms with Gasteiger partial charge in [-0.05, 0) is 29.8 Å². The molecule has 0 radical (unpaired) electrons. The summed E-state index contributed by atoms with van der Waals surface area (Å²) in [5.41, 5.74) is 1.12. The largest absolute Gasteiger partial charge is 0.373 e. The minimum Gasteiger partial charge on any atom is -0.373 e. The van der Waals surface area contributed by atoms with Crippen LogP contribution in [0.25, 0.3) is 0 Å². The number of benzene rings is 1. The third kappa shape index (κ3) is 3.20. The molecule has 1 heterocycles. The van der Waals surface area contributed by atoms with Crippen molar-refractivity contribution in [3.8, 4) is 0 Å². The first-order valence-electron chi connectivity index (χ1n) is 5.29. The molecular weight excluding hydrogens is 235 g/mol. The first-order chi connectivity index (χ1) is 8.29. The number of nitrogens with one attached hydrogen (secondary N) is 1. The summed E-state index contributed by atoms with van der Waals surface area (Å²) >= 11 is 1.49. The van der Waals surface area contributed by atoms with E-state index >= 15 is 0 Å². The van der Waals surface area contributed by atoms with Gasteiger partial charge in [-0.3, -0.25) is 0 Å². The Hall–Kier alpha value is -1.55. The minimum atomic E-state index is -0.166. The van der Waals surface area contributed by atoms with Crippen molar-refractivity contribution in [1.29, 1.82) is 0 Å². The van der Waals surface area contributed by atoms with E-state index in [0.29, 0.717) is 4.90 Å². The molecule has 0 atom stereocenters. The lowest BCUT2D eigenvalue weighted by molar-refractivity contribution is 0.602. The Labute approximate surface area is 104 Å². The number of hydrogen-bond acceptors (Lipinski definition) is 3. The molecule has 1 N–H and O–H groups in total. The molecule has 88 valence electrons. The predicted octanol–water partition coefficient (Wildman–Crippen LogP) is 3.55. The van der Waals surface area contributed by atoms with Gasteiger partial charge in [0.2, 0.25) is 0 Å². The van der Waals surface area contributed by atoms with Crippen LogP contribution < -0.4 is 5.32 Å². The van der Waals surface area contributed by atoms with Crippen molar-refractivity contribution >= 4 is 17.6 Å². The molecule has 2 aromatic rings. The summed E-state index contributed by atoms with van der Waals surface area (Å²) in [4.78, 5) is 4.81. The van der Waals surface area contributed by atoms with Crippen molar-refractivity contribution < 1.29 is 4.39 Å². The molecule has 1 aromatic carbocycles. The van der Waals surface area contributed by atoms with E-state index in [0.717, 1.165) is 17.1 Å². The van der Waals surface area contributed by atoms with Crippen molar-refractivity contribution in [2.45, 2.75) is 10.6 Å². The van der Waals surface area contributed by atoms with Gasteiger partial charge < -0.3 is 5.32 Å². The van der Waals surface area contributed by atoms with Crippen molar-refractivity contribution in [2.24, 2.45) is 0 Å². The maximum Gasteiger partial charge on any atom is 0.136 e. The molecular formula is C13H13FN2S. The smallest absolute Gasteiger partial charge is 0.136 e. The van der Waals surface area contributed by atoms with Gasteiger partial charge in [-0.1, -0.05) is 12.1 Å². The summed E-state index contributed by atoms with van der Waals surface area (Å²) in [6, 6.07) is 10.7. The van der Waals surface area contributed by atoms with E-state index in [1.807, 2.05) is 25.2 Å². The zero-order chi connectivity index (χ0) is 12.1. The Kier molecular flexibility index (Phi) is 3.98. The van der Waals surface area contributed by atoms with Crippen LogP contribution in [0.15, 0.2) is 47.5 Å². The number of pyridine rings is 1. The highest BCUT2D eigenvalue weighted by molar-refractivity contribution is 7.98. The van der Waals surface area contributed by atoms with Gasteiger partial charge in [-0.2, -0.15) is 0 Å². The van der Waals surface area contributed by atoms with Crippen LogP contribution in [-0.2, 0) is 5.75 Å². The maximum atomic E-state index is 13.4. The lowest BCUT2D eigenvalue weighted by atomic mass is 10.3. The quantitative estimate of drug-likeness (QED) is 0.837. The monoisotopic (exact) mass is 248 g/mol. The molecule has 0 aliphatic rings. The summed E-state index contributed by atoms with van der Waals surface area (Å²) in [6.45, 7) is 0. The number of hydrogen-bond donors (Lipinski definition) is 1. The second-order valence-electron chi connectivity index (χ2n) is 3.52. The Bertz CT molecular complexity index is 502. The van der Waals surface area contributed by atoms with Crippen molar-refractivity contribution in [3.05, 3.63) is 54.0 Å². The molecule has 17 heavy (non-hydrogen) atoms. The standard InChI is InChI=1S/C13H13FN2S/c1-15-13-8-10(6-7-16-13)9-17-12-5-3-2-4-11(12)14/h2-8H,9H2,1H3,(H,15,16). The number of rotatable bonds is 4. The van der Waals surface area contributed by atoms with Crippen LogP contribution in [0.2, 0.25) is 0 Å². The fraction of sp³-hybridized carbons (Fsp3) is 0.154. The molecule has 1 aromatic heterocycles. The first-order valence-corrected chi connectivity index (χ1v) is 6.28.